The Morgan fingerprint density at radius 3 is 2.05 bits per heavy atom. The number of hydrogen-bond donors (Lipinski definition) is 2. The zero-order valence-corrected chi connectivity index (χ0v) is 11.2. The zero-order chi connectivity index (χ0) is 15.1. The number of aliphatic carboxylic acids is 2. The number of carboxylic acids is 2. The molecule has 1 unspecified atom stereocenters. The SMILES string of the molecule is CCCCCCC(C)ON=O.O=C(O)/C=C/C(=O)O. The summed E-state index contributed by atoms with van der Waals surface area (Å²) >= 11 is 0. The summed E-state index contributed by atoms with van der Waals surface area (Å²) in [6.45, 7) is 4.04. The molecule has 0 heterocycles. The van der Waals surface area contributed by atoms with Gasteiger partial charge in [-0.3, -0.25) is 0 Å². The van der Waals surface area contributed by atoms with Gasteiger partial charge in [-0.05, 0) is 19.8 Å². The second-order valence-corrected chi connectivity index (χ2v) is 3.85. The minimum absolute atomic E-state index is 0.00986. The normalized spacial score (nSPS) is 11.3. The third kappa shape index (κ3) is 21.8. The first-order chi connectivity index (χ1) is 8.93. The van der Waals surface area contributed by atoms with Crippen molar-refractivity contribution in [2.24, 2.45) is 5.34 Å². The highest BCUT2D eigenvalue weighted by atomic mass is 16.7. The molecule has 0 rings (SSSR count). The van der Waals surface area contributed by atoms with Crippen LogP contribution >= 0.6 is 0 Å². The monoisotopic (exact) mass is 275 g/mol. The first kappa shape index (κ1) is 19.4. The molecule has 0 saturated carbocycles. The second kappa shape index (κ2) is 14.1. The van der Waals surface area contributed by atoms with Crippen LogP contribution in [-0.2, 0) is 14.4 Å². The Morgan fingerprint density at radius 2 is 1.68 bits per heavy atom. The third-order valence-electron chi connectivity index (χ3n) is 2.06. The van der Waals surface area contributed by atoms with E-state index in [1.165, 1.54) is 19.3 Å². The van der Waals surface area contributed by atoms with Crippen LogP contribution in [0.15, 0.2) is 17.5 Å². The average molecular weight is 275 g/mol. The van der Waals surface area contributed by atoms with Gasteiger partial charge in [0.1, 0.15) is 6.10 Å². The van der Waals surface area contributed by atoms with Crippen LogP contribution in [-0.4, -0.2) is 28.3 Å². The van der Waals surface area contributed by atoms with Gasteiger partial charge in [0, 0.05) is 12.2 Å². The molecule has 0 bridgehead atoms. The molecule has 2 N–H and O–H groups in total. The molecule has 7 nitrogen and oxygen atoms in total. The topological polar surface area (TPSA) is 113 Å². The number of unbranched alkanes of at least 4 members (excludes halogenated alkanes) is 3. The van der Waals surface area contributed by atoms with Crippen LogP contribution in [0.2, 0.25) is 0 Å². The Balaban J connectivity index is 0. The van der Waals surface area contributed by atoms with Gasteiger partial charge in [-0.2, -0.15) is 0 Å². The lowest BCUT2D eigenvalue weighted by atomic mass is 10.1. The summed E-state index contributed by atoms with van der Waals surface area (Å²) in [5, 5.41) is 18.0. The molecule has 0 aliphatic rings. The summed E-state index contributed by atoms with van der Waals surface area (Å²) in [7, 11) is 0. The Kier molecular flexibility index (Phi) is 14.5. The largest absolute Gasteiger partial charge is 0.478 e. The summed E-state index contributed by atoms with van der Waals surface area (Å²) in [6, 6.07) is 0. The highest BCUT2D eigenvalue weighted by molar-refractivity contribution is 5.89. The maximum atomic E-state index is 9.63. The van der Waals surface area contributed by atoms with Crippen LogP contribution in [0.25, 0.3) is 0 Å². The Morgan fingerprint density at radius 1 is 1.16 bits per heavy atom. The van der Waals surface area contributed by atoms with Gasteiger partial charge in [0.05, 0.1) is 0 Å². The summed E-state index contributed by atoms with van der Waals surface area (Å²) in [5.41, 5.74) is 0. The molecule has 0 aliphatic carbocycles. The van der Waals surface area contributed by atoms with E-state index in [-0.39, 0.29) is 6.10 Å². The lowest BCUT2D eigenvalue weighted by Crippen LogP contribution is -2.02. The average Bonchev–Trinajstić information content (AvgIpc) is 2.33. The Hall–Kier alpha value is -1.92. The van der Waals surface area contributed by atoms with Gasteiger partial charge in [-0.25, -0.2) is 9.59 Å². The molecule has 7 heteroatoms. The summed E-state index contributed by atoms with van der Waals surface area (Å²) < 4.78 is 0. The summed E-state index contributed by atoms with van der Waals surface area (Å²) in [5.74, 6) is -2.51. The molecule has 0 aliphatic heterocycles. The van der Waals surface area contributed by atoms with Crippen LogP contribution in [0.3, 0.4) is 0 Å². The predicted molar refractivity (Wildman–Crippen MR) is 69.5 cm³/mol. The fourth-order valence-corrected chi connectivity index (χ4v) is 1.13. The van der Waals surface area contributed by atoms with Gasteiger partial charge in [0.25, 0.3) is 0 Å². The van der Waals surface area contributed by atoms with E-state index in [9.17, 15) is 14.5 Å². The van der Waals surface area contributed by atoms with Crippen molar-refractivity contribution in [3.63, 3.8) is 0 Å². The van der Waals surface area contributed by atoms with Crippen molar-refractivity contribution < 1.29 is 24.6 Å². The number of carboxylic acid groups (broad SMARTS) is 2. The molecule has 0 radical (unpaired) electrons. The number of rotatable bonds is 9. The minimum Gasteiger partial charge on any atom is -0.478 e. The van der Waals surface area contributed by atoms with Crippen LogP contribution in [0.4, 0.5) is 0 Å². The molecule has 0 aromatic rings. The summed E-state index contributed by atoms with van der Waals surface area (Å²) in [4.78, 5) is 33.2. The van der Waals surface area contributed by atoms with Crippen molar-refractivity contribution in [2.45, 2.75) is 52.1 Å². The van der Waals surface area contributed by atoms with E-state index < -0.39 is 11.9 Å². The molecule has 0 amide bonds. The van der Waals surface area contributed by atoms with E-state index in [4.69, 9.17) is 10.2 Å². The standard InChI is InChI=1S/C8H17NO2.C4H4O4/c1-3-4-5-6-7-8(2)11-9-10;5-3(6)1-2-4(7)8/h8H,3-7H2,1-2H3;1-2H,(H,5,6)(H,7,8)/b;2-1+. The molecule has 0 aromatic carbocycles. The van der Waals surface area contributed by atoms with Crippen molar-refractivity contribution in [2.75, 3.05) is 0 Å². The maximum Gasteiger partial charge on any atom is 0.328 e. The molecule has 19 heavy (non-hydrogen) atoms. The molecule has 0 spiro atoms. The molecule has 0 fully saturated rings. The lowest BCUT2D eigenvalue weighted by Gasteiger charge is -2.05. The number of hydrogen-bond acceptors (Lipinski definition) is 5. The van der Waals surface area contributed by atoms with E-state index in [1.54, 1.807) is 0 Å². The van der Waals surface area contributed by atoms with E-state index in [2.05, 4.69) is 17.1 Å². The summed E-state index contributed by atoms with van der Waals surface area (Å²) in [6.07, 6.45) is 6.90. The third-order valence-corrected chi connectivity index (χ3v) is 2.06. The van der Waals surface area contributed by atoms with E-state index in [0.717, 1.165) is 12.8 Å². The van der Waals surface area contributed by atoms with Crippen molar-refractivity contribution in [3.05, 3.63) is 17.1 Å². The predicted octanol–water partition coefficient (Wildman–Crippen LogP) is 2.76. The van der Waals surface area contributed by atoms with Crippen LogP contribution in [0, 0.1) is 4.91 Å². The fraction of sp³-hybridized carbons (Fsp3) is 0.667. The lowest BCUT2D eigenvalue weighted by molar-refractivity contribution is -0.134. The van der Waals surface area contributed by atoms with Crippen LogP contribution in [0.5, 0.6) is 0 Å². The molecule has 0 saturated heterocycles. The highest BCUT2D eigenvalue weighted by Gasteiger charge is 2.00. The van der Waals surface area contributed by atoms with E-state index in [1.807, 2.05) is 6.92 Å². The molecular formula is C12H21NO6. The first-order valence-electron chi connectivity index (χ1n) is 6.06. The first-order valence-corrected chi connectivity index (χ1v) is 6.06. The van der Waals surface area contributed by atoms with Gasteiger partial charge < -0.3 is 15.1 Å². The zero-order valence-electron chi connectivity index (χ0n) is 11.2. The van der Waals surface area contributed by atoms with Gasteiger partial charge in [-0.15, -0.1) is 4.91 Å². The number of nitrogens with zero attached hydrogens (tertiary/aromatic N) is 1. The molecule has 110 valence electrons. The van der Waals surface area contributed by atoms with Gasteiger partial charge in [0.2, 0.25) is 0 Å². The Bertz CT molecular complexity index is 274. The van der Waals surface area contributed by atoms with Crippen LogP contribution in [0.1, 0.15) is 46.0 Å². The second-order valence-electron chi connectivity index (χ2n) is 3.85. The van der Waals surface area contributed by atoms with Gasteiger partial charge in [0.15, 0.2) is 5.34 Å². The van der Waals surface area contributed by atoms with E-state index >= 15 is 0 Å². The van der Waals surface area contributed by atoms with Gasteiger partial charge in [-0.1, -0.05) is 26.2 Å². The smallest absolute Gasteiger partial charge is 0.328 e. The van der Waals surface area contributed by atoms with Crippen molar-refractivity contribution in [3.8, 4) is 0 Å². The van der Waals surface area contributed by atoms with Crippen molar-refractivity contribution in [1.82, 2.24) is 0 Å². The highest BCUT2D eigenvalue weighted by Crippen LogP contribution is 2.07. The quantitative estimate of drug-likeness (QED) is 0.289. The van der Waals surface area contributed by atoms with E-state index in [0.29, 0.717) is 12.2 Å². The van der Waals surface area contributed by atoms with Crippen molar-refractivity contribution >= 4 is 11.9 Å². The Labute approximate surface area is 112 Å². The molecule has 0 aromatic heterocycles. The number of carbonyl (C=O) groups is 2. The molecular weight excluding hydrogens is 254 g/mol. The van der Waals surface area contributed by atoms with Gasteiger partial charge >= 0.3 is 11.9 Å². The fourth-order valence-electron chi connectivity index (χ4n) is 1.13. The molecule has 1 atom stereocenters. The minimum atomic E-state index is -1.26. The van der Waals surface area contributed by atoms with Crippen molar-refractivity contribution in [1.29, 1.82) is 0 Å². The maximum absolute atomic E-state index is 9.63. The van der Waals surface area contributed by atoms with Crippen LogP contribution < -0.4 is 0 Å².